The molecule has 0 saturated carbocycles. The number of halogens is 1. The number of carboxylic acids is 1. The van der Waals surface area contributed by atoms with Gasteiger partial charge in [-0.2, -0.15) is 0 Å². The van der Waals surface area contributed by atoms with Crippen molar-refractivity contribution in [2.24, 2.45) is 5.92 Å². The van der Waals surface area contributed by atoms with E-state index in [9.17, 15) is 13.2 Å². The van der Waals surface area contributed by atoms with Crippen LogP contribution in [0.15, 0.2) is 10.3 Å². The summed E-state index contributed by atoms with van der Waals surface area (Å²) in [7, 11) is -3.60. The number of aliphatic carboxylic acids is 1. The number of sulfonamides is 1. The van der Waals surface area contributed by atoms with Crippen molar-refractivity contribution in [1.29, 1.82) is 0 Å². The van der Waals surface area contributed by atoms with Gasteiger partial charge in [0.2, 0.25) is 10.0 Å². The number of thiophene rings is 1. The number of rotatable bonds is 6. The van der Waals surface area contributed by atoms with Gasteiger partial charge in [0.05, 0.1) is 4.34 Å². The van der Waals surface area contributed by atoms with E-state index >= 15 is 0 Å². The lowest BCUT2D eigenvalue weighted by Gasteiger charge is -2.09. The maximum Gasteiger partial charge on any atom is 0.303 e. The van der Waals surface area contributed by atoms with E-state index in [1.165, 1.54) is 6.07 Å². The van der Waals surface area contributed by atoms with Crippen molar-refractivity contribution in [3.05, 3.63) is 16.0 Å². The highest BCUT2D eigenvalue weighted by Gasteiger charge is 2.19. The normalized spacial score (nSPS) is 13.5. The molecule has 0 saturated heterocycles. The molecular formula is C10H14ClNO4S2. The Labute approximate surface area is 115 Å². The predicted octanol–water partition coefficient (Wildman–Crippen LogP) is 2.10. The molecule has 0 aromatic carbocycles. The largest absolute Gasteiger partial charge is 0.481 e. The SMILES string of the molecule is Cc1cc(S(=O)(=O)NCC(C)CC(=O)O)sc1Cl. The molecule has 0 amide bonds. The van der Waals surface area contributed by atoms with E-state index in [4.69, 9.17) is 16.7 Å². The topological polar surface area (TPSA) is 83.5 Å². The molecule has 18 heavy (non-hydrogen) atoms. The Morgan fingerprint density at radius 2 is 2.22 bits per heavy atom. The summed E-state index contributed by atoms with van der Waals surface area (Å²) in [4.78, 5) is 10.5. The van der Waals surface area contributed by atoms with Crippen molar-refractivity contribution in [2.75, 3.05) is 6.54 Å². The maximum absolute atomic E-state index is 11.9. The number of hydrogen-bond acceptors (Lipinski definition) is 4. The van der Waals surface area contributed by atoms with Crippen molar-refractivity contribution in [1.82, 2.24) is 4.72 Å². The first-order chi connectivity index (χ1) is 8.22. The Kier molecular flexibility index (Phi) is 5.15. The summed E-state index contributed by atoms with van der Waals surface area (Å²) in [5, 5.41) is 8.58. The lowest BCUT2D eigenvalue weighted by molar-refractivity contribution is -0.137. The van der Waals surface area contributed by atoms with Crippen LogP contribution in [0.5, 0.6) is 0 Å². The van der Waals surface area contributed by atoms with E-state index in [1.807, 2.05) is 0 Å². The van der Waals surface area contributed by atoms with Crippen LogP contribution in [0, 0.1) is 12.8 Å². The third-order valence-corrected chi connectivity index (χ3v) is 5.70. The van der Waals surface area contributed by atoms with Gasteiger partial charge < -0.3 is 5.11 Å². The van der Waals surface area contributed by atoms with Crippen LogP contribution in [0.2, 0.25) is 4.34 Å². The van der Waals surface area contributed by atoms with Crippen molar-refractivity contribution >= 4 is 38.9 Å². The lowest BCUT2D eigenvalue weighted by Crippen LogP contribution is -2.28. The average molecular weight is 312 g/mol. The Bertz CT molecular complexity index is 519. The lowest BCUT2D eigenvalue weighted by atomic mass is 10.1. The Hall–Kier alpha value is -0.630. The van der Waals surface area contributed by atoms with Crippen LogP contribution in [0.4, 0.5) is 0 Å². The van der Waals surface area contributed by atoms with Crippen molar-refractivity contribution in [3.63, 3.8) is 0 Å². The molecule has 0 radical (unpaired) electrons. The molecule has 8 heteroatoms. The van der Waals surface area contributed by atoms with Crippen LogP contribution in [-0.4, -0.2) is 26.0 Å². The molecule has 1 aromatic heterocycles. The molecule has 5 nitrogen and oxygen atoms in total. The minimum absolute atomic E-state index is 0.0766. The zero-order valence-corrected chi connectivity index (χ0v) is 12.3. The van der Waals surface area contributed by atoms with Crippen molar-refractivity contribution in [3.8, 4) is 0 Å². The minimum atomic E-state index is -3.60. The zero-order chi connectivity index (χ0) is 13.9. The first-order valence-corrected chi connectivity index (χ1v) is 7.87. The molecule has 0 aliphatic carbocycles. The summed E-state index contributed by atoms with van der Waals surface area (Å²) in [6.45, 7) is 3.48. The summed E-state index contributed by atoms with van der Waals surface area (Å²) in [6.07, 6.45) is -0.0766. The second-order valence-corrected chi connectivity index (χ2v) is 7.73. The van der Waals surface area contributed by atoms with Crippen molar-refractivity contribution < 1.29 is 18.3 Å². The third kappa shape index (κ3) is 4.24. The van der Waals surface area contributed by atoms with Gasteiger partial charge in [0.25, 0.3) is 0 Å². The smallest absolute Gasteiger partial charge is 0.303 e. The van der Waals surface area contributed by atoms with E-state index in [0.29, 0.717) is 9.90 Å². The molecule has 1 rings (SSSR count). The molecule has 0 bridgehead atoms. The first kappa shape index (κ1) is 15.4. The van der Waals surface area contributed by atoms with Gasteiger partial charge in [-0.3, -0.25) is 4.79 Å². The Morgan fingerprint density at radius 3 is 2.67 bits per heavy atom. The molecule has 1 atom stereocenters. The zero-order valence-electron chi connectivity index (χ0n) is 9.94. The number of aryl methyl sites for hydroxylation is 1. The molecule has 1 aromatic rings. The molecule has 0 aliphatic rings. The number of hydrogen-bond donors (Lipinski definition) is 2. The molecule has 1 heterocycles. The van der Waals surface area contributed by atoms with Crippen LogP contribution in [0.1, 0.15) is 18.9 Å². The van der Waals surface area contributed by atoms with Crippen LogP contribution < -0.4 is 4.72 Å². The summed E-state index contributed by atoms with van der Waals surface area (Å²) in [5.74, 6) is -1.22. The molecular weight excluding hydrogens is 298 g/mol. The second kappa shape index (κ2) is 6.01. The first-order valence-electron chi connectivity index (χ1n) is 5.19. The molecule has 2 N–H and O–H groups in total. The number of carbonyl (C=O) groups is 1. The highest BCUT2D eigenvalue weighted by Crippen LogP contribution is 2.29. The van der Waals surface area contributed by atoms with E-state index in [-0.39, 0.29) is 23.1 Å². The van der Waals surface area contributed by atoms with Gasteiger partial charge in [0, 0.05) is 13.0 Å². The predicted molar refractivity (Wildman–Crippen MR) is 70.7 cm³/mol. The maximum atomic E-state index is 11.9. The molecule has 0 aliphatic heterocycles. The number of nitrogens with one attached hydrogen (secondary N) is 1. The summed E-state index contributed by atoms with van der Waals surface area (Å²) < 4.78 is 26.7. The van der Waals surface area contributed by atoms with Crippen molar-refractivity contribution in [2.45, 2.75) is 24.5 Å². The summed E-state index contributed by atoms with van der Waals surface area (Å²) in [6, 6.07) is 1.50. The Morgan fingerprint density at radius 1 is 1.61 bits per heavy atom. The molecule has 1 unspecified atom stereocenters. The van der Waals surface area contributed by atoms with Gasteiger partial charge in [-0.25, -0.2) is 13.1 Å². The fourth-order valence-electron chi connectivity index (χ4n) is 1.26. The average Bonchev–Trinajstić information content (AvgIpc) is 2.56. The van der Waals surface area contributed by atoms with Gasteiger partial charge in [0.1, 0.15) is 4.21 Å². The van der Waals surface area contributed by atoms with E-state index in [0.717, 1.165) is 11.3 Å². The van der Waals surface area contributed by atoms with E-state index in [2.05, 4.69) is 4.72 Å². The fraction of sp³-hybridized carbons (Fsp3) is 0.500. The van der Waals surface area contributed by atoms with Crippen LogP contribution in [0.3, 0.4) is 0 Å². The van der Waals surface area contributed by atoms with E-state index in [1.54, 1.807) is 13.8 Å². The van der Waals surface area contributed by atoms with E-state index < -0.39 is 16.0 Å². The van der Waals surface area contributed by atoms with Gasteiger partial charge in [-0.05, 0) is 24.5 Å². The van der Waals surface area contributed by atoms with Crippen LogP contribution in [0.25, 0.3) is 0 Å². The fourth-order valence-corrected chi connectivity index (χ4v) is 4.17. The third-order valence-electron chi connectivity index (χ3n) is 2.24. The molecule has 0 spiro atoms. The second-order valence-electron chi connectivity index (χ2n) is 4.08. The van der Waals surface area contributed by atoms with Gasteiger partial charge >= 0.3 is 5.97 Å². The summed E-state index contributed by atoms with van der Waals surface area (Å²) in [5.41, 5.74) is 0.709. The quantitative estimate of drug-likeness (QED) is 0.842. The Balaban J connectivity index is 2.68. The van der Waals surface area contributed by atoms with Gasteiger partial charge in [-0.15, -0.1) is 11.3 Å². The minimum Gasteiger partial charge on any atom is -0.481 e. The standard InChI is InChI=1S/C10H14ClNO4S2/c1-6(3-8(13)14)5-12-18(15,16)9-4-7(2)10(11)17-9/h4,6,12H,3,5H2,1-2H3,(H,13,14). The highest BCUT2D eigenvalue weighted by molar-refractivity contribution is 7.91. The summed E-state index contributed by atoms with van der Waals surface area (Å²) >= 11 is 6.80. The highest BCUT2D eigenvalue weighted by atomic mass is 35.5. The monoisotopic (exact) mass is 311 g/mol. The van der Waals surface area contributed by atoms with Crippen LogP contribution in [-0.2, 0) is 14.8 Å². The molecule has 102 valence electrons. The van der Waals surface area contributed by atoms with Gasteiger partial charge in [0.15, 0.2) is 0 Å². The molecule has 0 fully saturated rings. The van der Waals surface area contributed by atoms with Gasteiger partial charge in [-0.1, -0.05) is 18.5 Å². The number of carboxylic acid groups (broad SMARTS) is 1. The van der Waals surface area contributed by atoms with Crippen LogP contribution >= 0.6 is 22.9 Å².